The maximum Gasteiger partial charge on any atom is 0.351 e. The normalized spacial score (nSPS) is 12.9. The van der Waals surface area contributed by atoms with E-state index in [0.29, 0.717) is 16.0 Å². The molecular weight excluding hydrogens is 292 g/mol. The highest BCUT2D eigenvalue weighted by molar-refractivity contribution is 6.32. The van der Waals surface area contributed by atoms with Gasteiger partial charge in [-0.1, -0.05) is 25.4 Å². The minimum atomic E-state index is -0.716. The average Bonchev–Trinajstić information content (AvgIpc) is 2.44. The van der Waals surface area contributed by atoms with Crippen molar-refractivity contribution < 1.29 is 4.42 Å². The summed E-state index contributed by atoms with van der Waals surface area (Å²) in [6.07, 6.45) is 0.946. The first-order valence-electron chi connectivity index (χ1n) is 6.67. The van der Waals surface area contributed by atoms with Crippen molar-refractivity contribution in [1.29, 1.82) is 0 Å². The molecule has 2 aliphatic rings. The van der Waals surface area contributed by atoms with E-state index in [2.05, 4.69) is 23.8 Å². The summed E-state index contributed by atoms with van der Waals surface area (Å²) in [4.78, 5) is 28.8. The van der Waals surface area contributed by atoms with Crippen LogP contribution in [0.5, 0.6) is 0 Å². The van der Waals surface area contributed by atoms with Crippen LogP contribution in [-0.2, 0) is 0 Å². The van der Waals surface area contributed by atoms with Crippen LogP contribution in [-0.4, -0.2) is 9.97 Å². The summed E-state index contributed by atoms with van der Waals surface area (Å²) in [5, 5.41) is 1.33. The van der Waals surface area contributed by atoms with Gasteiger partial charge in [-0.05, 0) is 36.1 Å². The Morgan fingerprint density at radius 3 is 2.81 bits per heavy atom. The number of nitrogens with zero attached hydrogens (tertiary/aromatic N) is 1. The van der Waals surface area contributed by atoms with E-state index in [1.54, 1.807) is 12.1 Å². The molecule has 1 atom stereocenters. The molecule has 0 saturated carbocycles. The van der Waals surface area contributed by atoms with Crippen LogP contribution in [0.3, 0.4) is 0 Å². The summed E-state index contributed by atoms with van der Waals surface area (Å²) >= 11 is 6.30. The Morgan fingerprint density at radius 2 is 2.10 bits per heavy atom. The highest BCUT2D eigenvalue weighted by atomic mass is 35.5. The molecule has 0 saturated heterocycles. The molecular formula is C15H13ClN2O3. The number of halogens is 1. The van der Waals surface area contributed by atoms with Gasteiger partial charge in [0.05, 0.1) is 0 Å². The van der Waals surface area contributed by atoms with E-state index in [-0.39, 0.29) is 17.4 Å². The van der Waals surface area contributed by atoms with Gasteiger partial charge < -0.3 is 4.42 Å². The lowest BCUT2D eigenvalue weighted by atomic mass is 9.97. The first kappa shape index (κ1) is 13.8. The number of rotatable bonds is 2. The van der Waals surface area contributed by atoms with Gasteiger partial charge in [-0.25, -0.2) is 4.79 Å². The molecule has 1 aromatic rings. The fourth-order valence-corrected chi connectivity index (χ4v) is 2.65. The third-order valence-electron chi connectivity index (χ3n) is 3.68. The quantitative estimate of drug-likeness (QED) is 0.738. The molecule has 1 N–H and O–H groups in total. The van der Waals surface area contributed by atoms with E-state index in [9.17, 15) is 9.59 Å². The second kappa shape index (κ2) is 5.00. The van der Waals surface area contributed by atoms with E-state index < -0.39 is 11.2 Å². The number of hydrogen-bond donors (Lipinski definition) is 1. The molecule has 0 amide bonds. The Balaban J connectivity index is 2.37. The van der Waals surface area contributed by atoms with E-state index in [1.807, 2.05) is 6.07 Å². The van der Waals surface area contributed by atoms with Gasteiger partial charge >= 0.3 is 5.69 Å². The highest BCUT2D eigenvalue weighted by Crippen LogP contribution is 2.33. The largest absolute Gasteiger partial charge is 0.437 e. The second-order valence-electron chi connectivity index (χ2n) is 5.06. The van der Waals surface area contributed by atoms with Crippen LogP contribution < -0.4 is 11.2 Å². The molecule has 0 aliphatic carbocycles. The summed E-state index contributed by atoms with van der Waals surface area (Å²) < 4.78 is 5.61. The van der Waals surface area contributed by atoms with Crippen LogP contribution in [0.1, 0.15) is 31.7 Å². The van der Waals surface area contributed by atoms with Gasteiger partial charge in [0.15, 0.2) is 0 Å². The van der Waals surface area contributed by atoms with E-state index in [4.69, 9.17) is 16.0 Å². The molecule has 0 aromatic heterocycles. The van der Waals surface area contributed by atoms with Gasteiger partial charge in [-0.15, -0.1) is 0 Å². The maximum absolute atomic E-state index is 11.8. The van der Waals surface area contributed by atoms with Gasteiger partial charge in [-0.3, -0.25) is 9.78 Å². The number of fused-ring (bicyclic) bond motifs is 2. The zero-order valence-corrected chi connectivity index (χ0v) is 12.3. The summed E-state index contributed by atoms with van der Waals surface area (Å²) in [6.45, 7) is 4.15. The standard InChI is InChI=1S/C15H13ClN2O3/c1-3-7(2)9-6-12-8(5-11(9)16)4-10-13(19)17-15(20)18-14(10)21-12/h4-7H,3H2,1-2H3,(H,17,19,20). The van der Waals surface area contributed by atoms with Crippen molar-refractivity contribution in [3.63, 3.8) is 0 Å². The zero-order chi connectivity index (χ0) is 15.1. The predicted molar refractivity (Wildman–Crippen MR) is 81.2 cm³/mol. The molecule has 0 bridgehead atoms. The maximum atomic E-state index is 11.8. The molecule has 1 unspecified atom stereocenters. The van der Waals surface area contributed by atoms with Crippen molar-refractivity contribution >= 4 is 22.6 Å². The Kier molecular flexibility index (Phi) is 3.29. The van der Waals surface area contributed by atoms with Gasteiger partial charge in [-0.2, -0.15) is 4.98 Å². The average molecular weight is 305 g/mol. The van der Waals surface area contributed by atoms with E-state index >= 15 is 0 Å². The summed E-state index contributed by atoms with van der Waals surface area (Å²) in [5.41, 5.74) is 0.528. The van der Waals surface area contributed by atoms with Crippen LogP contribution in [0.25, 0.3) is 22.4 Å². The Labute approximate surface area is 124 Å². The van der Waals surface area contributed by atoms with Crippen molar-refractivity contribution in [1.82, 2.24) is 9.97 Å². The second-order valence-corrected chi connectivity index (χ2v) is 5.46. The molecule has 2 aliphatic heterocycles. The monoisotopic (exact) mass is 304 g/mol. The number of hydrogen-bond acceptors (Lipinski definition) is 4. The smallest absolute Gasteiger partial charge is 0.351 e. The minimum Gasteiger partial charge on any atom is -0.437 e. The summed E-state index contributed by atoms with van der Waals surface area (Å²) in [6, 6.07) is 5.25. The molecule has 5 nitrogen and oxygen atoms in total. The van der Waals surface area contributed by atoms with Crippen LogP contribution in [0, 0.1) is 0 Å². The number of aromatic nitrogens is 2. The van der Waals surface area contributed by atoms with Gasteiger partial charge in [0, 0.05) is 10.4 Å². The van der Waals surface area contributed by atoms with E-state index in [0.717, 1.165) is 12.0 Å². The molecule has 0 radical (unpaired) electrons. The number of aromatic amines is 1. The van der Waals surface area contributed by atoms with Crippen LogP contribution in [0.2, 0.25) is 5.02 Å². The molecule has 0 fully saturated rings. The van der Waals surface area contributed by atoms with Crippen molar-refractivity contribution in [2.24, 2.45) is 0 Å². The van der Waals surface area contributed by atoms with Crippen molar-refractivity contribution in [3.05, 3.63) is 49.6 Å². The first-order chi connectivity index (χ1) is 9.99. The Bertz CT molecular complexity index is 913. The molecule has 3 rings (SSSR count). The SMILES string of the molecule is CCC(C)c1cc2oc3nc(=O)[nH]c(=O)c-3cc2cc1Cl. The lowest BCUT2D eigenvalue weighted by molar-refractivity contribution is 0.590. The third kappa shape index (κ3) is 2.34. The van der Waals surface area contributed by atoms with Crippen molar-refractivity contribution in [2.45, 2.75) is 26.2 Å². The zero-order valence-electron chi connectivity index (χ0n) is 11.6. The molecule has 0 spiro atoms. The van der Waals surface area contributed by atoms with Gasteiger partial charge in [0.1, 0.15) is 11.1 Å². The fourth-order valence-electron chi connectivity index (χ4n) is 2.29. The topological polar surface area (TPSA) is 76.0 Å². The Morgan fingerprint density at radius 1 is 1.33 bits per heavy atom. The predicted octanol–water partition coefficient (Wildman–Crippen LogP) is 3.15. The fraction of sp³-hybridized carbons (Fsp3) is 0.267. The highest BCUT2D eigenvalue weighted by Gasteiger charge is 2.16. The minimum absolute atomic E-state index is 0.0358. The van der Waals surface area contributed by atoms with E-state index in [1.165, 1.54) is 0 Å². The molecule has 1 aromatic carbocycles. The third-order valence-corrected chi connectivity index (χ3v) is 4.00. The lowest BCUT2D eigenvalue weighted by Gasteiger charge is -2.13. The number of benzene rings is 1. The van der Waals surface area contributed by atoms with Gasteiger partial charge in [0.25, 0.3) is 5.56 Å². The lowest BCUT2D eigenvalue weighted by Crippen LogP contribution is -2.24. The number of nitrogens with one attached hydrogen (secondary N) is 1. The number of H-pyrrole nitrogens is 1. The van der Waals surface area contributed by atoms with Gasteiger partial charge in [0.2, 0.25) is 5.89 Å². The van der Waals surface area contributed by atoms with Crippen molar-refractivity contribution in [3.8, 4) is 11.5 Å². The summed E-state index contributed by atoms with van der Waals surface area (Å²) in [5.74, 6) is 0.323. The van der Waals surface area contributed by atoms with Crippen LogP contribution in [0.4, 0.5) is 0 Å². The molecule has 108 valence electrons. The van der Waals surface area contributed by atoms with Crippen LogP contribution >= 0.6 is 11.6 Å². The first-order valence-corrected chi connectivity index (χ1v) is 7.04. The Hall–Kier alpha value is -2.14. The van der Waals surface area contributed by atoms with Crippen molar-refractivity contribution in [2.75, 3.05) is 0 Å². The molecule has 2 heterocycles. The molecule has 6 heteroatoms. The van der Waals surface area contributed by atoms with Crippen LogP contribution in [0.15, 0.2) is 32.2 Å². The molecule has 21 heavy (non-hydrogen) atoms. The summed E-state index contributed by atoms with van der Waals surface area (Å²) in [7, 11) is 0.